The Hall–Kier alpha value is -2.21. The van der Waals surface area contributed by atoms with Crippen molar-refractivity contribution >= 4 is 17.5 Å². The van der Waals surface area contributed by atoms with Crippen LogP contribution in [0.25, 0.3) is 0 Å². The van der Waals surface area contributed by atoms with E-state index >= 15 is 0 Å². The molecule has 1 aromatic carbocycles. The number of amides is 1. The van der Waals surface area contributed by atoms with Crippen molar-refractivity contribution in [1.29, 1.82) is 5.41 Å². The van der Waals surface area contributed by atoms with Crippen molar-refractivity contribution in [1.82, 2.24) is 4.90 Å². The molecule has 0 spiro atoms. The number of rotatable bonds is 7. The summed E-state index contributed by atoms with van der Waals surface area (Å²) in [6.45, 7) is 0.642. The summed E-state index contributed by atoms with van der Waals surface area (Å²) >= 11 is 0. The zero-order valence-electron chi connectivity index (χ0n) is 16.5. The number of Topliss-reactive ketones (excluding diaryl/α,β-unsaturated/α-hetero) is 1. The number of amidine groups is 1. The van der Waals surface area contributed by atoms with Gasteiger partial charge < -0.3 is 16.4 Å². The monoisotopic (exact) mass is 384 g/mol. The van der Waals surface area contributed by atoms with Gasteiger partial charge in [0.05, 0.1) is 12.1 Å². The Morgan fingerprint density at radius 2 is 1.75 bits per heavy atom. The molecule has 28 heavy (non-hydrogen) atoms. The lowest BCUT2D eigenvalue weighted by atomic mass is 9.83. The Morgan fingerprint density at radius 1 is 1.07 bits per heavy atom. The number of likely N-dealkylation sites (tertiary alicyclic amines) is 1. The maximum absolute atomic E-state index is 13.0. The lowest BCUT2D eigenvalue weighted by Gasteiger charge is -2.32. The van der Waals surface area contributed by atoms with Crippen LogP contribution < -0.4 is 11.5 Å². The van der Waals surface area contributed by atoms with Crippen LogP contribution in [0.1, 0.15) is 62.5 Å². The maximum Gasteiger partial charge on any atom is 0.240 e. The molecule has 2 aliphatic rings. The van der Waals surface area contributed by atoms with Crippen molar-refractivity contribution < 1.29 is 9.59 Å². The van der Waals surface area contributed by atoms with E-state index < -0.39 is 6.04 Å². The Balaban J connectivity index is 1.56. The second-order valence-electron chi connectivity index (χ2n) is 8.19. The van der Waals surface area contributed by atoms with Crippen LogP contribution in [0.5, 0.6) is 0 Å². The van der Waals surface area contributed by atoms with Crippen molar-refractivity contribution in [2.75, 3.05) is 6.54 Å². The predicted molar refractivity (Wildman–Crippen MR) is 110 cm³/mol. The Bertz CT molecular complexity index is 710. The first-order chi connectivity index (χ1) is 13.5. The number of ketones is 1. The lowest BCUT2D eigenvalue weighted by Crippen LogP contribution is -2.51. The summed E-state index contributed by atoms with van der Waals surface area (Å²) < 4.78 is 0. The van der Waals surface area contributed by atoms with Crippen LogP contribution >= 0.6 is 0 Å². The number of nitrogens with zero attached hydrogens (tertiary/aromatic N) is 1. The second kappa shape index (κ2) is 9.32. The van der Waals surface area contributed by atoms with Crippen LogP contribution in [0, 0.1) is 11.3 Å². The summed E-state index contributed by atoms with van der Waals surface area (Å²) in [6, 6.07) is 6.63. The van der Waals surface area contributed by atoms with Gasteiger partial charge in [0.1, 0.15) is 5.84 Å². The molecule has 1 aliphatic heterocycles. The first-order valence-electron chi connectivity index (χ1n) is 10.5. The van der Waals surface area contributed by atoms with Gasteiger partial charge in [-0.05, 0) is 43.6 Å². The Morgan fingerprint density at radius 3 is 2.39 bits per heavy atom. The molecule has 1 aliphatic carbocycles. The molecule has 1 saturated heterocycles. The van der Waals surface area contributed by atoms with Crippen LogP contribution in [0.2, 0.25) is 0 Å². The third kappa shape index (κ3) is 4.79. The van der Waals surface area contributed by atoms with Crippen molar-refractivity contribution in [3.05, 3.63) is 35.4 Å². The maximum atomic E-state index is 13.0. The van der Waals surface area contributed by atoms with Crippen molar-refractivity contribution in [2.45, 2.75) is 69.9 Å². The fourth-order valence-electron chi connectivity index (χ4n) is 4.54. The minimum Gasteiger partial charge on any atom is -0.384 e. The molecule has 2 atom stereocenters. The van der Waals surface area contributed by atoms with Crippen molar-refractivity contribution in [3.63, 3.8) is 0 Å². The molecule has 1 saturated carbocycles. The van der Waals surface area contributed by atoms with Crippen molar-refractivity contribution in [3.8, 4) is 0 Å². The van der Waals surface area contributed by atoms with Gasteiger partial charge in [-0.15, -0.1) is 0 Å². The molecule has 0 aromatic heterocycles. The third-order valence-corrected chi connectivity index (χ3v) is 6.28. The normalized spacial score (nSPS) is 21.5. The highest BCUT2D eigenvalue weighted by atomic mass is 16.2. The van der Waals surface area contributed by atoms with Gasteiger partial charge >= 0.3 is 0 Å². The fourth-order valence-corrected chi connectivity index (χ4v) is 4.54. The van der Waals surface area contributed by atoms with E-state index in [0.29, 0.717) is 24.9 Å². The number of carbonyl (C=O) groups is 2. The number of hydrogen-bond acceptors (Lipinski definition) is 4. The standard InChI is InChI=1S/C22H32N4O2/c23-20(16-5-2-1-3-6-16)22(28)26-14-4-7-18(26)19(27)13-10-15-8-11-17(12-9-15)21(24)25/h8-9,11-12,16,18,20H,1-7,10,13-14,23H2,(H3,24,25)/t18-,20+/m0/s1. The summed E-state index contributed by atoms with van der Waals surface area (Å²) in [5.41, 5.74) is 13.5. The minimum atomic E-state index is -0.465. The van der Waals surface area contributed by atoms with Gasteiger partial charge in [0.2, 0.25) is 5.91 Å². The molecule has 0 radical (unpaired) electrons. The zero-order chi connectivity index (χ0) is 20.1. The van der Waals surface area contributed by atoms with E-state index in [4.69, 9.17) is 16.9 Å². The summed E-state index contributed by atoms with van der Waals surface area (Å²) in [4.78, 5) is 27.5. The van der Waals surface area contributed by atoms with Gasteiger partial charge in [0.15, 0.2) is 5.78 Å². The van der Waals surface area contributed by atoms with Gasteiger partial charge in [-0.2, -0.15) is 0 Å². The number of nitrogens with two attached hydrogens (primary N) is 2. The molecule has 0 unspecified atom stereocenters. The minimum absolute atomic E-state index is 0.0337. The number of benzene rings is 1. The molecule has 6 heteroatoms. The lowest BCUT2D eigenvalue weighted by molar-refractivity contribution is -0.139. The highest BCUT2D eigenvalue weighted by Crippen LogP contribution is 2.28. The van der Waals surface area contributed by atoms with Gasteiger partial charge in [-0.25, -0.2) is 0 Å². The average Bonchev–Trinajstić information content (AvgIpc) is 3.22. The fraction of sp³-hybridized carbons (Fsp3) is 0.591. The molecular formula is C22H32N4O2. The first-order valence-corrected chi connectivity index (χ1v) is 10.5. The quantitative estimate of drug-likeness (QED) is 0.495. The van der Waals surface area contributed by atoms with E-state index in [9.17, 15) is 9.59 Å². The molecule has 3 rings (SSSR count). The van der Waals surface area contributed by atoms with E-state index in [1.165, 1.54) is 6.42 Å². The summed E-state index contributed by atoms with van der Waals surface area (Å²) in [5, 5.41) is 7.44. The van der Waals surface area contributed by atoms with Crippen molar-refractivity contribution in [2.24, 2.45) is 17.4 Å². The highest BCUT2D eigenvalue weighted by Gasteiger charge is 2.38. The Kier molecular flexibility index (Phi) is 6.83. The summed E-state index contributed by atoms with van der Waals surface area (Å²) in [6.07, 6.45) is 8.22. The first kappa shape index (κ1) is 20.5. The smallest absolute Gasteiger partial charge is 0.240 e. The highest BCUT2D eigenvalue weighted by molar-refractivity contribution is 5.95. The number of aryl methyl sites for hydroxylation is 1. The molecule has 1 amide bonds. The zero-order valence-corrected chi connectivity index (χ0v) is 16.5. The predicted octanol–water partition coefficient (Wildman–Crippen LogP) is 2.37. The molecular weight excluding hydrogens is 352 g/mol. The van der Waals surface area contributed by atoms with Crippen LogP contribution in [0.3, 0.4) is 0 Å². The average molecular weight is 385 g/mol. The topological polar surface area (TPSA) is 113 Å². The summed E-state index contributed by atoms with van der Waals surface area (Å²) in [7, 11) is 0. The van der Waals surface area contributed by atoms with E-state index in [1.54, 1.807) is 17.0 Å². The number of carbonyl (C=O) groups excluding carboxylic acids is 2. The van der Waals surface area contributed by atoms with Crippen LogP contribution in [0.4, 0.5) is 0 Å². The number of nitrogens with one attached hydrogen (secondary N) is 1. The van der Waals surface area contributed by atoms with Crippen LogP contribution in [0.15, 0.2) is 24.3 Å². The second-order valence-corrected chi connectivity index (χ2v) is 8.19. The van der Waals surface area contributed by atoms with Crippen LogP contribution in [-0.2, 0) is 16.0 Å². The molecule has 5 N–H and O–H groups in total. The molecule has 1 heterocycles. The van der Waals surface area contributed by atoms with E-state index in [2.05, 4.69) is 0 Å². The number of nitrogen functional groups attached to an aromatic ring is 1. The summed E-state index contributed by atoms with van der Waals surface area (Å²) in [5.74, 6) is 0.389. The van der Waals surface area contributed by atoms with E-state index in [0.717, 1.165) is 44.1 Å². The van der Waals surface area contributed by atoms with Crippen LogP contribution in [-0.4, -0.2) is 41.1 Å². The van der Waals surface area contributed by atoms with Gasteiger partial charge in [-0.1, -0.05) is 43.5 Å². The van der Waals surface area contributed by atoms with E-state index in [-0.39, 0.29) is 29.5 Å². The van der Waals surface area contributed by atoms with Gasteiger partial charge in [-0.3, -0.25) is 15.0 Å². The largest absolute Gasteiger partial charge is 0.384 e. The Labute approximate surface area is 167 Å². The van der Waals surface area contributed by atoms with Gasteiger partial charge in [0.25, 0.3) is 0 Å². The molecule has 2 fully saturated rings. The van der Waals surface area contributed by atoms with E-state index in [1.807, 2.05) is 12.1 Å². The SMILES string of the molecule is N=C(N)c1ccc(CCC(=O)[C@@H]2CCCN2C(=O)[C@H](N)C2CCCCC2)cc1. The molecule has 6 nitrogen and oxygen atoms in total. The number of hydrogen-bond donors (Lipinski definition) is 3. The third-order valence-electron chi connectivity index (χ3n) is 6.28. The molecule has 152 valence electrons. The molecule has 0 bridgehead atoms. The molecule has 1 aromatic rings. The van der Waals surface area contributed by atoms with Gasteiger partial charge in [0, 0.05) is 18.5 Å².